The second-order valence-electron chi connectivity index (χ2n) is 4.32. The van der Waals surface area contributed by atoms with Gasteiger partial charge >= 0.3 is 0 Å². The molecule has 1 aliphatic carbocycles. The van der Waals surface area contributed by atoms with Gasteiger partial charge in [-0.15, -0.1) is 0 Å². The summed E-state index contributed by atoms with van der Waals surface area (Å²) in [5.41, 5.74) is 1.27. The monoisotopic (exact) mass is 263 g/mol. The topological polar surface area (TPSA) is 64.9 Å². The summed E-state index contributed by atoms with van der Waals surface area (Å²) in [4.78, 5) is 11.4. The number of rotatable bonds is 5. The van der Waals surface area contributed by atoms with E-state index in [1.54, 1.807) is 18.2 Å². The summed E-state index contributed by atoms with van der Waals surface area (Å²) in [6, 6.07) is 7.54. The maximum absolute atomic E-state index is 11.4. The van der Waals surface area contributed by atoms with E-state index < -0.39 is 0 Å². The largest absolute Gasteiger partial charge is 0.384 e. The Morgan fingerprint density at radius 2 is 2.28 bits per heavy atom. The molecule has 1 saturated carbocycles. The zero-order valence-electron chi connectivity index (χ0n) is 9.87. The third-order valence-corrected chi connectivity index (χ3v) is 3.03. The number of amides is 1. The van der Waals surface area contributed by atoms with E-state index in [4.69, 9.17) is 16.9 Å². The Morgan fingerprint density at radius 1 is 1.50 bits per heavy atom. The molecule has 0 heterocycles. The highest BCUT2D eigenvalue weighted by Gasteiger charge is 2.22. The Bertz CT molecular complexity index is 491. The zero-order chi connectivity index (χ0) is 13.0. The molecule has 0 aliphatic heterocycles. The summed E-state index contributed by atoms with van der Waals surface area (Å²) >= 11 is 5.91. The minimum atomic E-state index is 0.0738. The number of anilines is 1. The van der Waals surface area contributed by atoms with E-state index in [1.807, 2.05) is 6.07 Å². The van der Waals surface area contributed by atoms with Crippen molar-refractivity contribution in [1.29, 1.82) is 5.26 Å². The van der Waals surface area contributed by atoms with Crippen molar-refractivity contribution in [2.75, 3.05) is 11.9 Å². The molecule has 2 N–H and O–H groups in total. The van der Waals surface area contributed by atoms with Crippen LogP contribution in [0.15, 0.2) is 18.2 Å². The Labute approximate surface area is 111 Å². The molecule has 0 atom stereocenters. The first-order valence-corrected chi connectivity index (χ1v) is 6.29. The summed E-state index contributed by atoms with van der Waals surface area (Å²) in [6.45, 7) is 0.556. The maximum atomic E-state index is 11.4. The van der Waals surface area contributed by atoms with Gasteiger partial charge < -0.3 is 10.6 Å². The highest BCUT2D eigenvalue weighted by molar-refractivity contribution is 6.32. The molecule has 1 aromatic rings. The predicted octanol–water partition coefficient (Wildman–Crippen LogP) is 2.29. The van der Waals surface area contributed by atoms with Crippen LogP contribution in [0.1, 0.15) is 24.8 Å². The van der Waals surface area contributed by atoms with Crippen molar-refractivity contribution >= 4 is 23.2 Å². The molecule has 0 aromatic heterocycles. The Hall–Kier alpha value is -1.73. The average Bonchev–Trinajstić information content (AvgIpc) is 3.13. The van der Waals surface area contributed by atoms with Crippen molar-refractivity contribution in [3.63, 3.8) is 0 Å². The third kappa shape index (κ3) is 3.64. The van der Waals surface area contributed by atoms with E-state index in [-0.39, 0.29) is 5.91 Å². The quantitative estimate of drug-likeness (QED) is 0.857. The number of nitriles is 1. The molecule has 0 unspecified atom stereocenters. The van der Waals surface area contributed by atoms with Crippen LogP contribution in [0.5, 0.6) is 0 Å². The van der Waals surface area contributed by atoms with Crippen molar-refractivity contribution in [3.05, 3.63) is 28.8 Å². The standard InChI is InChI=1S/C13H14ClN3O/c14-12-7-11(2-1-9(12)8-15)16-6-5-13(18)17-10-3-4-10/h1-2,7,10,16H,3-6H2,(H,17,18). The van der Waals surface area contributed by atoms with Gasteiger partial charge in [0.15, 0.2) is 0 Å². The molecule has 0 radical (unpaired) electrons. The van der Waals surface area contributed by atoms with E-state index in [1.165, 1.54) is 0 Å². The fraction of sp³-hybridized carbons (Fsp3) is 0.385. The number of nitrogens with zero attached hydrogens (tertiary/aromatic N) is 1. The van der Waals surface area contributed by atoms with Gasteiger partial charge in [-0.2, -0.15) is 5.26 Å². The predicted molar refractivity (Wildman–Crippen MR) is 70.4 cm³/mol. The van der Waals surface area contributed by atoms with Crippen molar-refractivity contribution in [2.45, 2.75) is 25.3 Å². The Kier molecular flexibility index (Phi) is 4.06. The van der Waals surface area contributed by atoms with Gasteiger partial charge in [0.2, 0.25) is 5.91 Å². The summed E-state index contributed by atoms with van der Waals surface area (Å²) in [7, 11) is 0. The number of benzene rings is 1. The van der Waals surface area contributed by atoms with Crippen molar-refractivity contribution in [2.24, 2.45) is 0 Å². The molecule has 2 rings (SSSR count). The van der Waals surface area contributed by atoms with Crippen molar-refractivity contribution < 1.29 is 4.79 Å². The van der Waals surface area contributed by atoms with Crippen molar-refractivity contribution in [3.8, 4) is 6.07 Å². The fourth-order valence-electron chi connectivity index (χ4n) is 1.56. The normalized spacial score (nSPS) is 13.8. The van der Waals surface area contributed by atoms with E-state index in [0.29, 0.717) is 29.6 Å². The fourth-order valence-corrected chi connectivity index (χ4v) is 1.79. The van der Waals surface area contributed by atoms with Crippen molar-refractivity contribution in [1.82, 2.24) is 5.32 Å². The number of hydrogen-bond donors (Lipinski definition) is 2. The van der Waals surface area contributed by atoms with Crippen LogP contribution in [0.25, 0.3) is 0 Å². The third-order valence-electron chi connectivity index (χ3n) is 2.71. The van der Waals surface area contributed by atoms with Gasteiger partial charge in [0, 0.05) is 24.7 Å². The van der Waals surface area contributed by atoms with E-state index in [2.05, 4.69) is 10.6 Å². The molecule has 1 aliphatic rings. The Balaban J connectivity index is 1.77. The van der Waals surface area contributed by atoms with E-state index >= 15 is 0 Å². The van der Waals surface area contributed by atoms with Gasteiger partial charge in [-0.25, -0.2) is 0 Å². The first kappa shape index (κ1) is 12.7. The SMILES string of the molecule is N#Cc1ccc(NCCC(=O)NC2CC2)cc1Cl. The maximum Gasteiger partial charge on any atom is 0.221 e. The van der Waals surface area contributed by atoms with Crippen LogP contribution >= 0.6 is 11.6 Å². The molecular weight excluding hydrogens is 250 g/mol. The molecule has 0 saturated heterocycles. The summed E-state index contributed by atoms with van der Waals surface area (Å²) in [5.74, 6) is 0.0738. The molecule has 18 heavy (non-hydrogen) atoms. The molecule has 4 nitrogen and oxygen atoms in total. The molecule has 1 fully saturated rings. The molecule has 1 aromatic carbocycles. The molecule has 0 spiro atoms. The smallest absolute Gasteiger partial charge is 0.221 e. The van der Waals surface area contributed by atoms with Gasteiger partial charge in [-0.1, -0.05) is 11.6 Å². The first-order valence-electron chi connectivity index (χ1n) is 5.92. The minimum absolute atomic E-state index is 0.0738. The lowest BCUT2D eigenvalue weighted by molar-refractivity contribution is -0.120. The molecule has 1 amide bonds. The number of carbonyl (C=O) groups excluding carboxylic acids is 1. The van der Waals surface area contributed by atoms with Gasteiger partial charge in [0.25, 0.3) is 0 Å². The highest BCUT2D eigenvalue weighted by atomic mass is 35.5. The Morgan fingerprint density at radius 3 is 2.89 bits per heavy atom. The van der Waals surface area contributed by atoms with Crippen LogP contribution < -0.4 is 10.6 Å². The molecule has 5 heteroatoms. The van der Waals surface area contributed by atoms with Crippen LogP contribution in [0.2, 0.25) is 5.02 Å². The lowest BCUT2D eigenvalue weighted by Crippen LogP contribution is -2.27. The summed E-state index contributed by atoms with van der Waals surface area (Å²) in [6.07, 6.45) is 2.64. The van der Waals surface area contributed by atoms with Crippen LogP contribution in [-0.2, 0) is 4.79 Å². The number of nitrogens with one attached hydrogen (secondary N) is 2. The van der Waals surface area contributed by atoms with Gasteiger partial charge in [0.05, 0.1) is 10.6 Å². The summed E-state index contributed by atoms with van der Waals surface area (Å²) in [5, 5.41) is 15.2. The second-order valence-corrected chi connectivity index (χ2v) is 4.73. The minimum Gasteiger partial charge on any atom is -0.384 e. The van der Waals surface area contributed by atoms with Gasteiger partial charge in [-0.3, -0.25) is 4.79 Å². The summed E-state index contributed by atoms with van der Waals surface area (Å²) < 4.78 is 0. The highest BCUT2D eigenvalue weighted by Crippen LogP contribution is 2.20. The first-order chi connectivity index (χ1) is 8.69. The van der Waals surface area contributed by atoms with Gasteiger partial charge in [0.1, 0.15) is 6.07 Å². The number of halogens is 1. The van der Waals surface area contributed by atoms with Crippen LogP contribution in [0.4, 0.5) is 5.69 Å². The second kappa shape index (κ2) is 5.74. The van der Waals surface area contributed by atoms with Crippen LogP contribution in [0, 0.1) is 11.3 Å². The van der Waals surface area contributed by atoms with Crippen LogP contribution in [0.3, 0.4) is 0 Å². The molecule has 0 bridgehead atoms. The lowest BCUT2D eigenvalue weighted by Gasteiger charge is -2.07. The average molecular weight is 264 g/mol. The van der Waals surface area contributed by atoms with E-state index in [9.17, 15) is 4.79 Å². The molecular formula is C13H14ClN3O. The lowest BCUT2D eigenvalue weighted by atomic mass is 10.2. The molecule has 94 valence electrons. The number of carbonyl (C=O) groups is 1. The van der Waals surface area contributed by atoms with Gasteiger partial charge in [-0.05, 0) is 31.0 Å². The zero-order valence-corrected chi connectivity index (χ0v) is 10.6. The number of hydrogen-bond acceptors (Lipinski definition) is 3. The van der Waals surface area contributed by atoms with E-state index in [0.717, 1.165) is 18.5 Å². The van der Waals surface area contributed by atoms with Crippen LogP contribution in [-0.4, -0.2) is 18.5 Å².